The van der Waals surface area contributed by atoms with Crippen molar-refractivity contribution in [3.8, 4) is 0 Å². The van der Waals surface area contributed by atoms with Crippen LogP contribution < -0.4 is 5.73 Å². The molecule has 0 aliphatic carbocycles. The topological polar surface area (TPSA) is 110 Å². The monoisotopic (exact) mass is 357 g/mol. The minimum atomic E-state index is -1.27. The molecule has 0 aliphatic rings. The van der Waals surface area contributed by atoms with Gasteiger partial charge < -0.3 is 15.8 Å². The fourth-order valence-corrected chi connectivity index (χ4v) is 2.54. The van der Waals surface area contributed by atoms with E-state index in [4.69, 9.17) is 39.0 Å². The molecule has 1 aromatic carbocycles. The molecule has 2 rings (SSSR count). The predicted molar refractivity (Wildman–Crippen MR) is 89.2 cm³/mol. The third-order valence-electron chi connectivity index (χ3n) is 3.44. The minimum Gasteiger partial charge on any atom is -0.427 e. The average Bonchev–Trinajstić information content (AvgIpc) is 2.95. The van der Waals surface area contributed by atoms with Gasteiger partial charge in [0, 0.05) is 0 Å². The summed E-state index contributed by atoms with van der Waals surface area (Å²) in [7, 11) is -1.27. The summed E-state index contributed by atoms with van der Waals surface area (Å²) in [4.78, 5) is 0. The number of aromatic nitrogens is 4. The van der Waals surface area contributed by atoms with Gasteiger partial charge >= 0.3 is 7.12 Å². The fraction of sp³-hybridized carbons (Fsp3) is 0.462. The Kier molecular flexibility index (Phi) is 6.79. The third-order valence-corrected chi connectivity index (χ3v) is 4.17. The number of benzene rings is 1. The first-order chi connectivity index (χ1) is 11.0. The van der Waals surface area contributed by atoms with Crippen LogP contribution >= 0.6 is 23.2 Å². The lowest BCUT2D eigenvalue weighted by molar-refractivity contribution is 0.400. The van der Waals surface area contributed by atoms with E-state index in [1.54, 1.807) is 16.8 Å². The molecule has 0 amide bonds. The van der Waals surface area contributed by atoms with Crippen LogP contribution in [-0.4, -0.2) is 37.4 Å². The molecule has 7 nitrogen and oxygen atoms in total. The number of rotatable bonds is 8. The van der Waals surface area contributed by atoms with Crippen molar-refractivity contribution in [2.24, 2.45) is 5.73 Å². The summed E-state index contributed by atoms with van der Waals surface area (Å²) < 4.78 is 1.63. The molecule has 2 aromatic rings. The zero-order valence-corrected chi connectivity index (χ0v) is 14.0. The first-order valence-corrected chi connectivity index (χ1v) is 8.04. The van der Waals surface area contributed by atoms with Crippen LogP contribution in [0.4, 0.5) is 0 Å². The number of hydrogen-bond donors (Lipinski definition) is 3. The Hall–Kier alpha value is -1.19. The lowest BCUT2D eigenvalue weighted by Gasteiger charge is -2.12. The normalized spacial score (nSPS) is 12.4. The summed E-state index contributed by atoms with van der Waals surface area (Å²) in [6, 6.07) is 5.03. The Morgan fingerprint density at radius 2 is 2.00 bits per heavy atom. The van der Waals surface area contributed by atoms with Gasteiger partial charge in [0.05, 0.1) is 22.6 Å². The second kappa shape index (κ2) is 8.61. The van der Waals surface area contributed by atoms with Gasteiger partial charge in [0.25, 0.3) is 0 Å². The molecular formula is C13H18BCl2N5O2. The van der Waals surface area contributed by atoms with E-state index in [2.05, 4.69) is 15.5 Å². The van der Waals surface area contributed by atoms with Crippen molar-refractivity contribution in [3.05, 3.63) is 39.6 Å². The molecule has 0 radical (unpaired) electrons. The molecule has 0 aliphatic heterocycles. The summed E-state index contributed by atoms with van der Waals surface area (Å²) in [5.41, 5.74) is 7.05. The second-order valence-corrected chi connectivity index (χ2v) is 6.13. The zero-order chi connectivity index (χ0) is 16.8. The van der Waals surface area contributed by atoms with E-state index in [9.17, 15) is 0 Å². The van der Waals surface area contributed by atoms with Gasteiger partial charge in [-0.15, -0.1) is 5.10 Å². The predicted octanol–water partition coefficient (Wildman–Crippen LogP) is 1.67. The average molecular weight is 358 g/mol. The van der Waals surface area contributed by atoms with Crippen LogP contribution in [0.2, 0.25) is 16.4 Å². The highest BCUT2D eigenvalue weighted by Gasteiger charge is 2.16. The summed E-state index contributed by atoms with van der Waals surface area (Å²) >= 11 is 11.9. The van der Waals surface area contributed by atoms with E-state index >= 15 is 0 Å². The highest BCUT2D eigenvalue weighted by Crippen LogP contribution is 2.23. The maximum Gasteiger partial charge on any atom is 0.451 e. The Balaban J connectivity index is 1.96. The van der Waals surface area contributed by atoms with E-state index in [1.165, 1.54) is 0 Å². The standard InChI is InChI=1S/C13H18BCl2N5O2/c15-10-5-4-9(7-11(10)16)8-21-13(18-19-20-21)12(17)3-1-2-6-14(22)23/h4-5,7,12,22-23H,1-3,6,8,17H2. The molecule has 124 valence electrons. The lowest BCUT2D eigenvalue weighted by Crippen LogP contribution is -2.18. The fourth-order valence-electron chi connectivity index (χ4n) is 2.22. The van der Waals surface area contributed by atoms with Crippen LogP contribution in [0, 0.1) is 0 Å². The lowest BCUT2D eigenvalue weighted by atomic mass is 9.83. The molecule has 1 atom stereocenters. The molecule has 1 heterocycles. The summed E-state index contributed by atoms with van der Waals surface area (Å²) in [5, 5.41) is 30.2. The van der Waals surface area contributed by atoms with Crippen molar-refractivity contribution in [1.29, 1.82) is 0 Å². The van der Waals surface area contributed by atoms with Gasteiger partial charge in [-0.2, -0.15) is 0 Å². The number of nitrogens with zero attached hydrogens (tertiary/aromatic N) is 4. The molecule has 1 aromatic heterocycles. The van der Waals surface area contributed by atoms with Crippen molar-refractivity contribution in [1.82, 2.24) is 20.2 Å². The smallest absolute Gasteiger partial charge is 0.427 e. The molecule has 0 saturated heterocycles. The minimum absolute atomic E-state index is 0.316. The summed E-state index contributed by atoms with van der Waals surface area (Å²) in [5.74, 6) is 0.584. The molecular weight excluding hydrogens is 340 g/mol. The number of hydrogen-bond acceptors (Lipinski definition) is 6. The van der Waals surface area contributed by atoms with E-state index in [0.29, 0.717) is 41.6 Å². The van der Waals surface area contributed by atoms with Crippen molar-refractivity contribution < 1.29 is 10.0 Å². The van der Waals surface area contributed by atoms with E-state index in [-0.39, 0.29) is 6.04 Å². The molecule has 0 bridgehead atoms. The molecule has 0 fully saturated rings. The van der Waals surface area contributed by atoms with Gasteiger partial charge in [-0.1, -0.05) is 42.1 Å². The van der Waals surface area contributed by atoms with Crippen molar-refractivity contribution >= 4 is 30.3 Å². The Labute approximate surface area is 144 Å². The van der Waals surface area contributed by atoms with Gasteiger partial charge in [-0.25, -0.2) is 4.68 Å². The number of tetrazole rings is 1. The number of halogens is 2. The van der Waals surface area contributed by atoms with Crippen LogP contribution in [0.25, 0.3) is 0 Å². The SMILES string of the molecule is NC(CCCCB(O)O)c1nnnn1Cc1ccc(Cl)c(Cl)c1. The van der Waals surface area contributed by atoms with Crippen molar-refractivity contribution in [3.63, 3.8) is 0 Å². The first-order valence-electron chi connectivity index (χ1n) is 7.29. The summed E-state index contributed by atoms with van der Waals surface area (Å²) in [6.07, 6.45) is 2.44. The highest BCUT2D eigenvalue weighted by molar-refractivity contribution is 6.42. The van der Waals surface area contributed by atoms with Crippen molar-refractivity contribution in [2.75, 3.05) is 0 Å². The van der Waals surface area contributed by atoms with Crippen LogP contribution in [0.1, 0.15) is 36.7 Å². The largest absolute Gasteiger partial charge is 0.451 e. The molecule has 0 saturated carbocycles. The maximum absolute atomic E-state index is 8.82. The molecule has 10 heteroatoms. The first kappa shape index (κ1) is 18.2. The molecule has 4 N–H and O–H groups in total. The van der Waals surface area contributed by atoms with Gasteiger partial charge in [0.15, 0.2) is 5.82 Å². The van der Waals surface area contributed by atoms with Crippen LogP contribution in [0.3, 0.4) is 0 Å². The van der Waals surface area contributed by atoms with Crippen molar-refractivity contribution in [2.45, 2.75) is 38.2 Å². The van der Waals surface area contributed by atoms with Crippen LogP contribution in [0.5, 0.6) is 0 Å². The summed E-state index contributed by atoms with van der Waals surface area (Å²) in [6.45, 7) is 0.447. The van der Waals surface area contributed by atoms with Gasteiger partial charge in [-0.05, 0) is 40.9 Å². The van der Waals surface area contributed by atoms with Crippen LogP contribution in [-0.2, 0) is 6.54 Å². The van der Waals surface area contributed by atoms with Gasteiger partial charge in [0.1, 0.15) is 0 Å². The van der Waals surface area contributed by atoms with E-state index in [1.807, 2.05) is 6.07 Å². The van der Waals surface area contributed by atoms with E-state index in [0.717, 1.165) is 12.0 Å². The quantitative estimate of drug-likeness (QED) is 0.489. The third kappa shape index (κ3) is 5.44. The van der Waals surface area contributed by atoms with Gasteiger partial charge in [0.2, 0.25) is 0 Å². The molecule has 1 unspecified atom stereocenters. The zero-order valence-electron chi connectivity index (χ0n) is 12.4. The Morgan fingerprint density at radius 3 is 2.70 bits per heavy atom. The highest BCUT2D eigenvalue weighted by atomic mass is 35.5. The molecule has 0 spiro atoms. The number of unbranched alkanes of at least 4 members (excludes halogenated alkanes) is 1. The van der Waals surface area contributed by atoms with E-state index < -0.39 is 7.12 Å². The van der Waals surface area contributed by atoms with Gasteiger partial charge in [-0.3, -0.25) is 0 Å². The maximum atomic E-state index is 8.82. The molecule has 23 heavy (non-hydrogen) atoms. The number of nitrogens with two attached hydrogens (primary N) is 1. The Morgan fingerprint density at radius 1 is 1.22 bits per heavy atom. The Bertz CT molecular complexity index is 641. The van der Waals surface area contributed by atoms with Crippen LogP contribution in [0.15, 0.2) is 18.2 Å². The second-order valence-electron chi connectivity index (χ2n) is 5.31.